The minimum Gasteiger partial charge on any atom is -0.384 e. The predicted molar refractivity (Wildman–Crippen MR) is 81.0 cm³/mol. The summed E-state index contributed by atoms with van der Waals surface area (Å²) < 4.78 is 2.00. The molecule has 0 amide bonds. The lowest BCUT2D eigenvalue weighted by molar-refractivity contribution is 1.05. The van der Waals surface area contributed by atoms with Gasteiger partial charge in [-0.05, 0) is 36.8 Å². The minimum atomic E-state index is 0.484. The van der Waals surface area contributed by atoms with Gasteiger partial charge in [-0.3, -0.25) is 4.57 Å². The van der Waals surface area contributed by atoms with Gasteiger partial charge in [-0.25, -0.2) is 9.97 Å². The number of anilines is 1. The van der Waals surface area contributed by atoms with Gasteiger partial charge in [0.1, 0.15) is 5.82 Å². The number of aromatic nitrogens is 3. The highest BCUT2D eigenvalue weighted by Gasteiger charge is 2.10. The first-order chi connectivity index (χ1) is 9.65. The summed E-state index contributed by atoms with van der Waals surface area (Å²) in [7, 11) is 0. The lowest BCUT2D eigenvalue weighted by Crippen LogP contribution is -1.99. The summed E-state index contributed by atoms with van der Waals surface area (Å²) >= 11 is 6.09. The quantitative estimate of drug-likeness (QED) is 0.784. The molecule has 0 radical (unpaired) electrons. The first-order valence-electron chi connectivity index (χ1n) is 6.16. The maximum atomic E-state index is 6.09. The summed E-state index contributed by atoms with van der Waals surface area (Å²) in [6, 6.07) is 9.52. The van der Waals surface area contributed by atoms with Crippen molar-refractivity contribution in [2.45, 2.75) is 6.92 Å². The number of halogens is 1. The SMILES string of the molecule is Cc1ccc(Cl)cc1-n1cncc1-c1ccnc(N)c1. The number of pyridine rings is 1. The molecule has 0 atom stereocenters. The fraction of sp³-hybridized carbons (Fsp3) is 0.0667. The third-order valence-corrected chi connectivity index (χ3v) is 3.38. The maximum absolute atomic E-state index is 6.09. The molecule has 5 heteroatoms. The maximum Gasteiger partial charge on any atom is 0.123 e. The van der Waals surface area contributed by atoms with Crippen LogP contribution in [0.15, 0.2) is 49.1 Å². The van der Waals surface area contributed by atoms with E-state index in [4.69, 9.17) is 17.3 Å². The van der Waals surface area contributed by atoms with Crippen LogP contribution in [0.4, 0.5) is 5.82 Å². The van der Waals surface area contributed by atoms with Gasteiger partial charge < -0.3 is 5.73 Å². The molecule has 0 aliphatic rings. The Hall–Kier alpha value is -2.33. The molecule has 0 saturated heterocycles. The van der Waals surface area contributed by atoms with Crippen LogP contribution in [-0.2, 0) is 0 Å². The Labute approximate surface area is 121 Å². The number of hydrogen-bond donors (Lipinski definition) is 1. The average molecular weight is 285 g/mol. The van der Waals surface area contributed by atoms with Crippen LogP contribution >= 0.6 is 11.6 Å². The van der Waals surface area contributed by atoms with Gasteiger partial charge in [-0.2, -0.15) is 0 Å². The normalized spacial score (nSPS) is 10.7. The van der Waals surface area contributed by atoms with Gasteiger partial charge in [0.15, 0.2) is 0 Å². The molecule has 2 aromatic heterocycles. The number of imidazole rings is 1. The molecule has 0 aliphatic heterocycles. The zero-order valence-electron chi connectivity index (χ0n) is 10.9. The van der Waals surface area contributed by atoms with Gasteiger partial charge in [-0.1, -0.05) is 17.7 Å². The molecule has 0 unspecified atom stereocenters. The summed E-state index contributed by atoms with van der Waals surface area (Å²) in [6.45, 7) is 2.04. The fourth-order valence-corrected chi connectivity index (χ4v) is 2.32. The Morgan fingerprint density at radius 1 is 1.20 bits per heavy atom. The van der Waals surface area contributed by atoms with E-state index in [1.807, 2.05) is 41.8 Å². The van der Waals surface area contributed by atoms with E-state index in [2.05, 4.69) is 9.97 Å². The Kier molecular flexibility index (Phi) is 3.16. The van der Waals surface area contributed by atoms with Crippen molar-refractivity contribution in [3.8, 4) is 16.9 Å². The summed E-state index contributed by atoms with van der Waals surface area (Å²) in [5.41, 5.74) is 9.78. The van der Waals surface area contributed by atoms with Gasteiger partial charge >= 0.3 is 0 Å². The van der Waals surface area contributed by atoms with Crippen molar-refractivity contribution in [3.63, 3.8) is 0 Å². The second-order valence-corrected chi connectivity index (χ2v) is 4.99. The summed E-state index contributed by atoms with van der Waals surface area (Å²) in [5.74, 6) is 0.484. The molecule has 20 heavy (non-hydrogen) atoms. The Morgan fingerprint density at radius 3 is 2.85 bits per heavy atom. The minimum absolute atomic E-state index is 0.484. The molecular weight excluding hydrogens is 272 g/mol. The molecular formula is C15H13ClN4. The molecule has 0 saturated carbocycles. The zero-order valence-corrected chi connectivity index (χ0v) is 11.7. The Morgan fingerprint density at radius 2 is 2.05 bits per heavy atom. The van der Waals surface area contributed by atoms with E-state index in [-0.39, 0.29) is 0 Å². The van der Waals surface area contributed by atoms with E-state index >= 15 is 0 Å². The number of nitrogens with zero attached hydrogens (tertiary/aromatic N) is 3. The third-order valence-electron chi connectivity index (χ3n) is 3.15. The number of aryl methyl sites for hydroxylation is 1. The number of hydrogen-bond acceptors (Lipinski definition) is 3. The smallest absolute Gasteiger partial charge is 0.123 e. The number of nitrogens with two attached hydrogens (primary N) is 1. The third kappa shape index (κ3) is 2.26. The Balaban J connectivity index is 2.18. The highest BCUT2D eigenvalue weighted by molar-refractivity contribution is 6.30. The van der Waals surface area contributed by atoms with Crippen LogP contribution < -0.4 is 5.73 Å². The van der Waals surface area contributed by atoms with Crippen LogP contribution in [-0.4, -0.2) is 14.5 Å². The van der Waals surface area contributed by atoms with E-state index in [9.17, 15) is 0 Å². The van der Waals surface area contributed by atoms with E-state index in [0.717, 1.165) is 22.5 Å². The number of rotatable bonds is 2. The highest BCUT2D eigenvalue weighted by Crippen LogP contribution is 2.26. The summed E-state index contributed by atoms with van der Waals surface area (Å²) in [4.78, 5) is 8.24. The standard InChI is InChI=1S/C15H13ClN4/c1-10-2-3-12(16)7-13(10)20-9-18-8-14(20)11-4-5-19-15(17)6-11/h2-9H,1H3,(H2,17,19). The van der Waals surface area contributed by atoms with Crippen molar-refractivity contribution in [2.24, 2.45) is 0 Å². The molecule has 4 nitrogen and oxygen atoms in total. The van der Waals surface area contributed by atoms with Crippen LogP contribution in [0, 0.1) is 6.92 Å². The molecule has 0 aliphatic carbocycles. The molecule has 100 valence electrons. The zero-order chi connectivity index (χ0) is 14.1. The van der Waals surface area contributed by atoms with Crippen LogP contribution in [0.2, 0.25) is 5.02 Å². The van der Waals surface area contributed by atoms with Crippen LogP contribution in [0.5, 0.6) is 0 Å². The molecule has 2 N–H and O–H groups in total. The average Bonchev–Trinajstić information content (AvgIpc) is 2.90. The largest absolute Gasteiger partial charge is 0.384 e. The molecule has 3 rings (SSSR count). The first-order valence-corrected chi connectivity index (χ1v) is 6.54. The lowest BCUT2D eigenvalue weighted by Gasteiger charge is -2.11. The van der Waals surface area contributed by atoms with Crippen molar-refractivity contribution in [1.29, 1.82) is 0 Å². The second kappa shape index (κ2) is 4.98. The van der Waals surface area contributed by atoms with Crippen molar-refractivity contribution in [2.75, 3.05) is 5.73 Å². The summed E-state index contributed by atoms with van der Waals surface area (Å²) in [5, 5.41) is 0.694. The van der Waals surface area contributed by atoms with E-state index < -0.39 is 0 Å². The second-order valence-electron chi connectivity index (χ2n) is 4.55. The van der Waals surface area contributed by atoms with Crippen LogP contribution in [0.25, 0.3) is 16.9 Å². The van der Waals surface area contributed by atoms with Crippen LogP contribution in [0.3, 0.4) is 0 Å². The molecule has 0 bridgehead atoms. The molecule has 1 aromatic carbocycles. The number of benzene rings is 1. The molecule has 3 aromatic rings. The molecule has 2 heterocycles. The van der Waals surface area contributed by atoms with Crippen molar-refractivity contribution in [3.05, 3.63) is 59.6 Å². The Bertz CT molecular complexity index is 764. The molecule has 0 fully saturated rings. The van der Waals surface area contributed by atoms with Gasteiger partial charge in [0.25, 0.3) is 0 Å². The van der Waals surface area contributed by atoms with E-state index in [0.29, 0.717) is 10.8 Å². The van der Waals surface area contributed by atoms with Crippen molar-refractivity contribution >= 4 is 17.4 Å². The van der Waals surface area contributed by atoms with Crippen LogP contribution in [0.1, 0.15) is 5.56 Å². The van der Waals surface area contributed by atoms with E-state index in [1.54, 1.807) is 18.7 Å². The lowest BCUT2D eigenvalue weighted by atomic mass is 10.1. The van der Waals surface area contributed by atoms with Gasteiger partial charge in [0.2, 0.25) is 0 Å². The number of nitrogen functional groups attached to an aromatic ring is 1. The topological polar surface area (TPSA) is 56.7 Å². The van der Waals surface area contributed by atoms with Gasteiger partial charge in [0, 0.05) is 16.8 Å². The van der Waals surface area contributed by atoms with Crippen molar-refractivity contribution in [1.82, 2.24) is 14.5 Å². The molecule has 0 spiro atoms. The fourth-order valence-electron chi connectivity index (χ4n) is 2.15. The highest BCUT2D eigenvalue weighted by atomic mass is 35.5. The first kappa shape index (κ1) is 12.7. The van der Waals surface area contributed by atoms with Gasteiger partial charge in [0.05, 0.1) is 23.9 Å². The predicted octanol–water partition coefficient (Wildman–Crippen LogP) is 3.48. The monoisotopic (exact) mass is 284 g/mol. The van der Waals surface area contributed by atoms with Crippen molar-refractivity contribution < 1.29 is 0 Å². The summed E-state index contributed by atoms with van der Waals surface area (Å²) in [6.07, 6.45) is 5.26. The van der Waals surface area contributed by atoms with Gasteiger partial charge in [-0.15, -0.1) is 0 Å². The van der Waals surface area contributed by atoms with E-state index in [1.165, 1.54) is 0 Å².